The Morgan fingerprint density at radius 3 is 3.00 bits per heavy atom. The third-order valence-electron chi connectivity index (χ3n) is 3.02. The minimum Gasteiger partial charge on any atom is -0.382 e. The molecule has 1 aliphatic heterocycles. The van der Waals surface area contributed by atoms with Gasteiger partial charge in [0, 0.05) is 19.5 Å². The second-order valence-electron chi connectivity index (χ2n) is 4.10. The molecule has 0 amide bonds. The van der Waals surface area contributed by atoms with Crippen LogP contribution in [-0.2, 0) is 12.6 Å². The van der Waals surface area contributed by atoms with Crippen molar-refractivity contribution in [2.75, 3.05) is 13.1 Å². The fourth-order valence-electron chi connectivity index (χ4n) is 2.06. The SMILES string of the molecule is Cn1cnnc1C(C)(O)C1CCNC1. The first-order chi connectivity index (χ1) is 6.62. The van der Waals surface area contributed by atoms with Crippen LogP contribution in [0.5, 0.6) is 0 Å². The molecule has 2 N–H and O–H groups in total. The third-order valence-corrected chi connectivity index (χ3v) is 3.02. The minimum atomic E-state index is -0.880. The first kappa shape index (κ1) is 9.61. The predicted octanol–water partition coefficient (Wildman–Crippen LogP) is -0.368. The van der Waals surface area contributed by atoms with Gasteiger partial charge in [0.25, 0.3) is 0 Å². The molecule has 1 saturated heterocycles. The number of nitrogens with zero attached hydrogens (tertiary/aromatic N) is 3. The van der Waals surface area contributed by atoms with Gasteiger partial charge in [0.15, 0.2) is 5.82 Å². The van der Waals surface area contributed by atoms with E-state index in [2.05, 4.69) is 15.5 Å². The lowest BCUT2D eigenvalue weighted by Gasteiger charge is -2.28. The van der Waals surface area contributed by atoms with Crippen LogP contribution in [0.15, 0.2) is 6.33 Å². The average Bonchev–Trinajstić information content (AvgIpc) is 2.72. The van der Waals surface area contributed by atoms with Crippen LogP contribution < -0.4 is 5.32 Å². The van der Waals surface area contributed by atoms with Crippen molar-refractivity contribution in [1.82, 2.24) is 20.1 Å². The fourth-order valence-corrected chi connectivity index (χ4v) is 2.06. The van der Waals surface area contributed by atoms with Gasteiger partial charge >= 0.3 is 0 Å². The second kappa shape index (κ2) is 3.33. The summed E-state index contributed by atoms with van der Waals surface area (Å²) >= 11 is 0. The molecule has 2 heterocycles. The Morgan fingerprint density at radius 1 is 1.71 bits per heavy atom. The molecule has 0 radical (unpaired) electrons. The second-order valence-corrected chi connectivity index (χ2v) is 4.10. The van der Waals surface area contributed by atoms with Crippen molar-refractivity contribution in [3.8, 4) is 0 Å². The average molecular weight is 196 g/mol. The number of hydrogen-bond donors (Lipinski definition) is 2. The van der Waals surface area contributed by atoms with E-state index in [9.17, 15) is 5.11 Å². The quantitative estimate of drug-likeness (QED) is 0.677. The number of hydrogen-bond acceptors (Lipinski definition) is 4. The van der Waals surface area contributed by atoms with Crippen molar-refractivity contribution in [2.45, 2.75) is 18.9 Å². The van der Waals surface area contributed by atoms with Gasteiger partial charge in [0.2, 0.25) is 0 Å². The number of aliphatic hydroxyl groups is 1. The highest BCUT2D eigenvalue weighted by Gasteiger charge is 2.38. The molecular formula is C9H16N4O. The molecule has 78 valence electrons. The Labute approximate surface area is 83.2 Å². The first-order valence-corrected chi connectivity index (χ1v) is 4.90. The highest BCUT2D eigenvalue weighted by atomic mass is 16.3. The molecule has 2 unspecified atom stereocenters. The molecule has 0 spiro atoms. The molecule has 1 fully saturated rings. The summed E-state index contributed by atoms with van der Waals surface area (Å²) in [4.78, 5) is 0. The lowest BCUT2D eigenvalue weighted by atomic mass is 9.87. The van der Waals surface area contributed by atoms with Crippen molar-refractivity contribution in [3.05, 3.63) is 12.2 Å². The van der Waals surface area contributed by atoms with Gasteiger partial charge in [-0.1, -0.05) is 0 Å². The van der Waals surface area contributed by atoms with Crippen LogP contribution in [0, 0.1) is 5.92 Å². The molecule has 2 rings (SSSR count). The van der Waals surface area contributed by atoms with E-state index in [1.165, 1.54) is 0 Å². The highest BCUT2D eigenvalue weighted by Crippen LogP contribution is 2.31. The summed E-state index contributed by atoms with van der Waals surface area (Å²) in [6, 6.07) is 0. The van der Waals surface area contributed by atoms with Gasteiger partial charge in [-0.15, -0.1) is 10.2 Å². The van der Waals surface area contributed by atoms with E-state index < -0.39 is 5.60 Å². The number of aromatic nitrogens is 3. The van der Waals surface area contributed by atoms with Gasteiger partial charge in [-0.2, -0.15) is 0 Å². The zero-order chi connectivity index (χ0) is 10.2. The fraction of sp³-hybridized carbons (Fsp3) is 0.778. The molecule has 5 nitrogen and oxygen atoms in total. The maximum atomic E-state index is 10.4. The van der Waals surface area contributed by atoms with Crippen molar-refractivity contribution < 1.29 is 5.11 Å². The van der Waals surface area contributed by atoms with E-state index in [-0.39, 0.29) is 5.92 Å². The van der Waals surface area contributed by atoms with E-state index in [1.54, 1.807) is 10.9 Å². The Hall–Kier alpha value is -0.940. The lowest BCUT2D eigenvalue weighted by molar-refractivity contribution is -0.00898. The van der Waals surface area contributed by atoms with E-state index in [0.29, 0.717) is 5.82 Å². The summed E-state index contributed by atoms with van der Waals surface area (Å²) in [7, 11) is 1.85. The van der Waals surface area contributed by atoms with Crippen LogP contribution in [0.1, 0.15) is 19.2 Å². The van der Waals surface area contributed by atoms with Crippen molar-refractivity contribution >= 4 is 0 Å². The summed E-state index contributed by atoms with van der Waals surface area (Å²) in [5, 5.41) is 21.4. The smallest absolute Gasteiger partial charge is 0.164 e. The molecule has 0 aromatic carbocycles. The van der Waals surface area contributed by atoms with Crippen molar-refractivity contribution in [3.63, 3.8) is 0 Å². The molecule has 2 atom stereocenters. The summed E-state index contributed by atoms with van der Waals surface area (Å²) in [5.41, 5.74) is -0.880. The van der Waals surface area contributed by atoms with Gasteiger partial charge in [-0.3, -0.25) is 0 Å². The van der Waals surface area contributed by atoms with Crippen LogP contribution in [-0.4, -0.2) is 33.0 Å². The summed E-state index contributed by atoms with van der Waals surface area (Å²) < 4.78 is 1.78. The molecule has 0 aliphatic carbocycles. The molecule has 0 bridgehead atoms. The molecule has 5 heteroatoms. The van der Waals surface area contributed by atoms with Gasteiger partial charge in [0.05, 0.1) is 0 Å². The molecule has 0 saturated carbocycles. The molecular weight excluding hydrogens is 180 g/mol. The van der Waals surface area contributed by atoms with Gasteiger partial charge < -0.3 is 15.0 Å². The summed E-state index contributed by atoms with van der Waals surface area (Å²) in [6.07, 6.45) is 2.60. The van der Waals surface area contributed by atoms with E-state index in [4.69, 9.17) is 0 Å². The van der Waals surface area contributed by atoms with Crippen LogP contribution in [0.3, 0.4) is 0 Å². The number of aryl methyl sites for hydroxylation is 1. The molecule has 1 aromatic heterocycles. The predicted molar refractivity (Wildman–Crippen MR) is 51.6 cm³/mol. The van der Waals surface area contributed by atoms with Crippen LogP contribution >= 0.6 is 0 Å². The molecule has 14 heavy (non-hydrogen) atoms. The van der Waals surface area contributed by atoms with Gasteiger partial charge in [-0.25, -0.2) is 0 Å². The Balaban J connectivity index is 2.26. The number of rotatable bonds is 2. The lowest BCUT2D eigenvalue weighted by Crippen LogP contribution is -2.35. The monoisotopic (exact) mass is 196 g/mol. The van der Waals surface area contributed by atoms with Gasteiger partial charge in [0.1, 0.15) is 11.9 Å². The van der Waals surface area contributed by atoms with Crippen molar-refractivity contribution in [2.24, 2.45) is 13.0 Å². The summed E-state index contributed by atoms with van der Waals surface area (Å²) in [6.45, 7) is 3.63. The Kier molecular flexibility index (Phi) is 2.28. The largest absolute Gasteiger partial charge is 0.382 e. The zero-order valence-electron chi connectivity index (χ0n) is 8.56. The zero-order valence-corrected chi connectivity index (χ0v) is 8.56. The highest BCUT2D eigenvalue weighted by molar-refractivity contribution is 5.04. The van der Waals surface area contributed by atoms with Crippen LogP contribution in [0.25, 0.3) is 0 Å². The molecule has 1 aromatic rings. The Bertz CT molecular complexity index is 314. The van der Waals surface area contributed by atoms with Crippen LogP contribution in [0.2, 0.25) is 0 Å². The summed E-state index contributed by atoms with van der Waals surface area (Å²) in [5.74, 6) is 0.872. The standard InChI is InChI=1S/C9H16N4O/c1-9(14,7-3-4-10-5-7)8-12-11-6-13(8)2/h6-7,10,14H,3-5H2,1-2H3. The van der Waals surface area contributed by atoms with E-state index >= 15 is 0 Å². The van der Waals surface area contributed by atoms with Gasteiger partial charge in [-0.05, 0) is 19.9 Å². The maximum Gasteiger partial charge on any atom is 0.164 e. The first-order valence-electron chi connectivity index (χ1n) is 4.90. The number of nitrogens with one attached hydrogen (secondary N) is 1. The van der Waals surface area contributed by atoms with Crippen molar-refractivity contribution in [1.29, 1.82) is 0 Å². The van der Waals surface area contributed by atoms with E-state index in [0.717, 1.165) is 19.5 Å². The molecule has 1 aliphatic rings. The maximum absolute atomic E-state index is 10.4. The normalized spacial score (nSPS) is 26.4. The topological polar surface area (TPSA) is 63.0 Å². The minimum absolute atomic E-state index is 0.227. The third kappa shape index (κ3) is 1.42. The van der Waals surface area contributed by atoms with Crippen LogP contribution in [0.4, 0.5) is 0 Å². The Morgan fingerprint density at radius 2 is 2.50 bits per heavy atom. The van der Waals surface area contributed by atoms with E-state index in [1.807, 2.05) is 14.0 Å².